The Kier molecular flexibility index (Phi) is 4.10. The first-order valence-corrected chi connectivity index (χ1v) is 6.04. The van der Waals surface area contributed by atoms with Gasteiger partial charge in [0.2, 0.25) is 0 Å². The fraction of sp³-hybridized carbons (Fsp3) is 0.667. The van der Waals surface area contributed by atoms with Crippen LogP contribution in [0.1, 0.15) is 37.9 Å². The molecule has 0 bridgehead atoms. The van der Waals surface area contributed by atoms with E-state index in [2.05, 4.69) is 22.2 Å². The molecule has 1 aromatic heterocycles. The van der Waals surface area contributed by atoms with Crippen molar-refractivity contribution in [3.8, 4) is 0 Å². The molecule has 88 valence electrons. The highest BCUT2D eigenvalue weighted by Crippen LogP contribution is 2.22. The topological polar surface area (TPSA) is 47.0 Å². The van der Waals surface area contributed by atoms with Gasteiger partial charge in [-0.25, -0.2) is 9.97 Å². The lowest BCUT2D eigenvalue weighted by Gasteiger charge is -2.20. The van der Waals surface area contributed by atoms with Crippen molar-refractivity contribution in [2.45, 2.75) is 32.1 Å². The molecule has 2 rings (SSSR count). The van der Waals surface area contributed by atoms with E-state index in [0.717, 1.165) is 50.7 Å². The summed E-state index contributed by atoms with van der Waals surface area (Å²) in [4.78, 5) is 8.87. The number of aromatic nitrogens is 2. The van der Waals surface area contributed by atoms with Crippen LogP contribution in [0.3, 0.4) is 0 Å². The van der Waals surface area contributed by atoms with Crippen molar-refractivity contribution in [3.05, 3.63) is 18.1 Å². The second-order valence-electron chi connectivity index (χ2n) is 4.14. The molecule has 1 saturated heterocycles. The first kappa shape index (κ1) is 11.3. The maximum Gasteiger partial charge on any atom is 0.136 e. The predicted molar refractivity (Wildman–Crippen MR) is 63.6 cm³/mol. The van der Waals surface area contributed by atoms with E-state index in [9.17, 15) is 0 Å². The summed E-state index contributed by atoms with van der Waals surface area (Å²) in [5.74, 6) is 2.22. The summed E-state index contributed by atoms with van der Waals surface area (Å²) < 4.78 is 5.46. The van der Waals surface area contributed by atoms with Gasteiger partial charge in [-0.05, 0) is 25.3 Å². The number of nitrogens with zero attached hydrogens (tertiary/aromatic N) is 2. The van der Waals surface area contributed by atoms with Gasteiger partial charge in [0.25, 0.3) is 0 Å². The number of ether oxygens (including phenoxy) is 1. The molecule has 0 spiro atoms. The number of hydrogen-bond acceptors (Lipinski definition) is 4. The van der Waals surface area contributed by atoms with Crippen LogP contribution in [0.5, 0.6) is 0 Å². The van der Waals surface area contributed by atoms with Gasteiger partial charge < -0.3 is 10.1 Å². The van der Waals surface area contributed by atoms with Crippen LogP contribution in [0.4, 0.5) is 5.82 Å². The second kappa shape index (κ2) is 5.80. The summed E-state index contributed by atoms with van der Waals surface area (Å²) in [5.41, 5.74) is 0. The minimum Gasteiger partial charge on any atom is -0.381 e. The summed E-state index contributed by atoms with van der Waals surface area (Å²) in [5, 5.41) is 3.28. The smallest absolute Gasteiger partial charge is 0.136 e. The van der Waals surface area contributed by atoms with E-state index in [-0.39, 0.29) is 0 Å². The van der Waals surface area contributed by atoms with Gasteiger partial charge in [0.05, 0.1) is 6.61 Å². The average molecular weight is 221 g/mol. The van der Waals surface area contributed by atoms with Gasteiger partial charge >= 0.3 is 0 Å². The molecule has 0 saturated carbocycles. The van der Waals surface area contributed by atoms with E-state index in [1.807, 2.05) is 12.3 Å². The van der Waals surface area contributed by atoms with Gasteiger partial charge in [-0.2, -0.15) is 0 Å². The van der Waals surface area contributed by atoms with Gasteiger partial charge in [-0.3, -0.25) is 0 Å². The highest BCUT2D eigenvalue weighted by atomic mass is 16.5. The first-order valence-electron chi connectivity index (χ1n) is 6.04. The van der Waals surface area contributed by atoms with Gasteiger partial charge in [0.15, 0.2) is 0 Å². The zero-order chi connectivity index (χ0) is 11.2. The zero-order valence-electron chi connectivity index (χ0n) is 9.78. The van der Waals surface area contributed by atoms with Crippen molar-refractivity contribution in [2.75, 3.05) is 25.1 Å². The summed E-state index contributed by atoms with van der Waals surface area (Å²) in [7, 11) is 0. The zero-order valence-corrected chi connectivity index (χ0v) is 9.78. The van der Waals surface area contributed by atoms with E-state index in [4.69, 9.17) is 4.74 Å². The van der Waals surface area contributed by atoms with E-state index < -0.39 is 0 Å². The minimum absolute atomic E-state index is 0.372. The van der Waals surface area contributed by atoms with E-state index in [0.29, 0.717) is 5.92 Å². The van der Waals surface area contributed by atoms with Crippen LogP contribution in [0.25, 0.3) is 0 Å². The van der Waals surface area contributed by atoms with Crippen molar-refractivity contribution in [1.82, 2.24) is 9.97 Å². The van der Waals surface area contributed by atoms with Crippen LogP contribution in [0.15, 0.2) is 12.3 Å². The molecule has 1 N–H and O–H groups in total. The van der Waals surface area contributed by atoms with E-state index >= 15 is 0 Å². The second-order valence-corrected chi connectivity index (χ2v) is 4.14. The van der Waals surface area contributed by atoms with Crippen molar-refractivity contribution in [2.24, 2.45) is 0 Å². The molecule has 1 aromatic rings. The minimum atomic E-state index is 0.372. The van der Waals surface area contributed by atoms with Crippen molar-refractivity contribution < 1.29 is 4.74 Å². The van der Waals surface area contributed by atoms with E-state index in [1.54, 1.807) is 0 Å². The van der Waals surface area contributed by atoms with Crippen molar-refractivity contribution >= 4 is 5.82 Å². The predicted octanol–water partition coefficient (Wildman–Crippen LogP) is 2.19. The monoisotopic (exact) mass is 221 g/mol. The van der Waals surface area contributed by atoms with Crippen molar-refractivity contribution in [3.63, 3.8) is 0 Å². The van der Waals surface area contributed by atoms with Gasteiger partial charge in [-0.15, -0.1) is 0 Å². The molecule has 1 unspecified atom stereocenters. The summed E-state index contributed by atoms with van der Waals surface area (Å²) in [6.45, 7) is 4.74. The number of nitrogens with one attached hydrogen (secondary N) is 1. The Morgan fingerprint density at radius 3 is 3.25 bits per heavy atom. The quantitative estimate of drug-likeness (QED) is 0.846. The maximum atomic E-state index is 5.46. The molecule has 1 aliphatic rings. The third kappa shape index (κ3) is 2.92. The normalized spacial score (nSPS) is 20.7. The molecule has 1 atom stereocenters. The molecule has 4 heteroatoms. The van der Waals surface area contributed by atoms with Crippen LogP contribution >= 0.6 is 0 Å². The number of hydrogen-bond donors (Lipinski definition) is 1. The van der Waals surface area contributed by atoms with E-state index in [1.165, 1.54) is 0 Å². The third-order valence-corrected chi connectivity index (χ3v) is 2.76. The van der Waals surface area contributed by atoms with Crippen LogP contribution < -0.4 is 5.32 Å². The Hall–Kier alpha value is -1.16. The molecule has 0 aliphatic carbocycles. The van der Waals surface area contributed by atoms with Gasteiger partial charge in [-0.1, -0.05) is 6.92 Å². The SMILES string of the molecule is CCCNc1ccnc(C2CCCOC2)n1. The summed E-state index contributed by atoms with van der Waals surface area (Å²) in [6.07, 6.45) is 5.18. The highest BCUT2D eigenvalue weighted by molar-refractivity contribution is 5.33. The van der Waals surface area contributed by atoms with Crippen LogP contribution in [-0.2, 0) is 4.74 Å². The van der Waals surface area contributed by atoms with Gasteiger partial charge in [0.1, 0.15) is 11.6 Å². The van der Waals surface area contributed by atoms with Crippen LogP contribution in [0.2, 0.25) is 0 Å². The third-order valence-electron chi connectivity index (χ3n) is 2.76. The lowest BCUT2D eigenvalue weighted by atomic mass is 10.0. The Bertz CT molecular complexity index is 324. The van der Waals surface area contributed by atoms with Crippen LogP contribution in [-0.4, -0.2) is 29.7 Å². The van der Waals surface area contributed by atoms with Gasteiger partial charge in [0, 0.05) is 25.3 Å². The molecule has 16 heavy (non-hydrogen) atoms. The first-order chi connectivity index (χ1) is 7.90. The lowest BCUT2D eigenvalue weighted by molar-refractivity contribution is 0.0781. The maximum absolute atomic E-state index is 5.46. The molecular weight excluding hydrogens is 202 g/mol. The molecule has 2 heterocycles. The largest absolute Gasteiger partial charge is 0.381 e. The number of anilines is 1. The highest BCUT2D eigenvalue weighted by Gasteiger charge is 2.18. The Labute approximate surface area is 96.4 Å². The lowest BCUT2D eigenvalue weighted by Crippen LogP contribution is -2.18. The standard InChI is InChI=1S/C12H19N3O/c1-2-6-13-11-5-7-14-12(15-11)10-4-3-8-16-9-10/h5,7,10H,2-4,6,8-9H2,1H3,(H,13,14,15). The molecule has 0 amide bonds. The Morgan fingerprint density at radius 1 is 1.56 bits per heavy atom. The number of rotatable bonds is 4. The summed E-state index contributed by atoms with van der Waals surface area (Å²) >= 11 is 0. The molecule has 1 fully saturated rings. The van der Waals surface area contributed by atoms with Crippen molar-refractivity contribution in [1.29, 1.82) is 0 Å². The van der Waals surface area contributed by atoms with Crippen LogP contribution in [0, 0.1) is 0 Å². The Balaban J connectivity index is 2.02. The average Bonchev–Trinajstić information content (AvgIpc) is 2.38. The summed E-state index contributed by atoms with van der Waals surface area (Å²) in [6, 6.07) is 1.92. The molecular formula is C12H19N3O. The molecule has 1 aliphatic heterocycles. The Morgan fingerprint density at radius 2 is 2.50 bits per heavy atom. The fourth-order valence-electron chi connectivity index (χ4n) is 1.87. The molecule has 0 radical (unpaired) electrons. The molecule has 4 nitrogen and oxygen atoms in total. The molecule has 0 aromatic carbocycles. The fourth-order valence-corrected chi connectivity index (χ4v) is 1.87.